The van der Waals surface area contributed by atoms with E-state index in [0.717, 1.165) is 12.8 Å². The fourth-order valence-corrected chi connectivity index (χ4v) is 1.10. The van der Waals surface area contributed by atoms with Crippen molar-refractivity contribution in [3.8, 4) is 0 Å². The molecular weight excluding hydrogens is 180 g/mol. The molecule has 14 heavy (non-hydrogen) atoms. The smallest absolute Gasteiger partial charge is 0.0853 e. The maximum atomic E-state index is 4.84. The van der Waals surface area contributed by atoms with Crippen molar-refractivity contribution in [2.75, 3.05) is 13.2 Å². The van der Waals surface area contributed by atoms with Crippen LogP contribution in [0, 0.1) is 0 Å². The summed E-state index contributed by atoms with van der Waals surface area (Å²) in [6.07, 6.45) is 8.17. The van der Waals surface area contributed by atoms with Crippen LogP contribution in [0.4, 0.5) is 0 Å². The maximum Gasteiger partial charge on any atom is 0.0853 e. The predicted octanol–water partition coefficient (Wildman–Crippen LogP) is 3.64. The van der Waals surface area contributed by atoms with Gasteiger partial charge in [0.05, 0.1) is 13.2 Å². The van der Waals surface area contributed by atoms with E-state index in [1.54, 1.807) is 0 Å². The Balaban J connectivity index is 2.78. The quantitative estimate of drug-likeness (QED) is 0.292. The van der Waals surface area contributed by atoms with Crippen LogP contribution in [0.15, 0.2) is 0 Å². The Morgan fingerprint density at radius 1 is 0.643 bits per heavy atom. The summed E-state index contributed by atoms with van der Waals surface area (Å²) in [7, 11) is 0. The minimum absolute atomic E-state index is 0.628. The largest absolute Gasteiger partial charge is 0.206 e. The second-order valence-electron chi connectivity index (χ2n) is 3.48. The van der Waals surface area contributed by atoms with Gasteiger partial charge in [-0.3, -0.25) is 0 Å². The van der Waals surface area contributed by atoms with Crippen molar-refractivity contribution >= 4 is 0 Å². The topological polar surface area (TPSA) is 27.7 Å². The Kier molecular flexibility index (Phi) is 12.8. The molecule has 0 aliphatic heterocycles. The molecule has 0 amide bonds. The molecule has 0 rings (SSSR count). The third-order valence-electron chi connectivity index (χ3n) is 2.01. The molecule has 0 N–H and O–H groups in total. The van der Waals surface area contributed by atoms with Crippen LogP contribution in [0.5, 0.6) is 0 Å². The highest BCUT2D eigenvalue weighted by Crippen LogP contribution is 1.99. The molecule has 0 fully saturated rings. The van der Waals surface area contributed by atoms with E-state index in [4.69, 9.17) is 9.78 Å². The molecule has 0 atom stereocenters. The number of hydrogen-bond acceptors (Lipinski definition) is 3. The van der Waals surface area contributed by atoms with Gasteiger partial charge < -0.3 is 0 Å². The molecule has 86 valence electrons. The van der Waals surface area contributed by atoms with Crippen molar-refractivity contribution < 1.29 is 14.8 Å². The minimum atomic E-state index is 0.628. The van der Waals surface area contributed by atoms with Crippen molar-refractivity contribution in [3.05, 3.63) is 0 Å². The molecule has 0 saturated carbocycles. The first-order chi connectivity index (χ1) is 6.91. The Morgan fingerprint density at radius 2 is 1.14 bits per heavy atom. The van der Waals surface area contributed by atoms with Gasteiger partial charge in [-0.15, -0.1) is 0 Å². The standard InChI is InChI=1S/C11H24O3/c1-3-5-7-9-11-13-14-12-10-8-6-4-2/h3-11H2,1-2H3. The lowest BCUT2D eigenvalue weighted by atomic mass is 10.2. The van der Waals surface area contributed by atoms with Crippen LogP contribution in [0.2, 0.25) is 0 Å². The van der Waals surface area contributed by atoms with E-state index >= 15 is 0 Å². The fraction of sp³-hybridized carbons (Fsp3) is 1.00. The van der Waals surface area contributed by atoms with Crippen LogP contribution < -0.4 is 0 Å². The zero-order valence-electron chi connectivity index (χ0n) is 9.59. The van der Waals surface area contributed by atoms with Gasteiger partial charge in [-0.05, 0) is 12.8 Å². The molecule has 0 aromatic heterocycles. The van der Waals surface area contributed by atoms with E-state index in [-0.39, 0.29) is 0 Å². The average Bonchev–Trinajstić information content (AvgIpc) is 2.21. The van der Waals surface area contributed by atoms with E-state index in [0.29, 0.717) is 13.2 Å². The molecule has 3 nitrogen and oxygen atoms in total. The van der Waals surface area contributed by atoms with Crippen molar-refractivity contribution in [3.63, 3.8) is 0 Å². The van der Waals surface area contributed by atoms with E-state index in [2.05, 4.69) is 18.9 Å². The van der Waals surface area contributed by atoms with Gasteiger partial charge in [-0.2, -0.15) is 0 Å². The average molecular weight is 204 g/mol. The molecule has 0 aromatic carbocycles. The van der Waals surface area contributed by atoms with E-state index in [1.165, 1.54) is 32.1 Å². The normalized spacial score (nSPS) is 10.7. The van der Waals surface area contributed by atoms with E-state index < -0.39 is 0 Å². The Morgan fingerprint density at radius 3 is 1.71 bits per heavy atom. The molecular formula is C11H24O3. The van der Waals surface area contributed by atoms with Gasteiger partial charge in [0.25, 0.3) is 0 Å². The van der Waals surface area contributed by atoms with Gasteiger partial charge >= 0.3 is 0 Å². The molecule has 0 saturated heterocycles. The maximum absolute atomic E-state index is 4.84. The second-order valence-corrected chi connectivity index (χ2v) is 3.48. The minimum Gasteiger partial charge on any atom is -0.206 e. The van der Waals surface area contributed by atoms with Crippen molar-refractivity contribution in [2.24, 2.45) is 0 Å². The van der Waals surface area contributed by atoms with Crippen LogP contribution in [0.3, 0.4) is 0 Å². The second kappa shape index (κ2) is 12.9. The van der Waals surface area contributed by atoms with Crippen LogP contribution in [0.25, 0.3) is 0 Å². The van der Waals surface area contributed by atoms with Crippen LogP contribution in [0.1, 0.15) is 58.8 Å². The molecule has 0 radical (unpaired) electrons. The Labute approximate surface area is 87.6 Å². The summed E-state index contributed by atoms with van der Waals surface area (Å²) in [5.41, 5.74) is 0. The summed E-state index contributed by atoms with van der Waals surface area (Å²) < 4.78 is 0. The summed E-state index contributed by atoms with van der Waals surface area (Å²) in [6, 6.07) is 0. The van der Waals surface area contributed by atoms with E-state index in [1.807, 2.05) is 0 Å². The first kappa shape index (κ1) is 13.9. The zero-order chi connectivity index (χ0) is 10.5. The lowest BCUT2D eigenvalue weighted by molar-refractivity contribution is -0.512. The summed E-state index contributed by atoms with van der Waals surface area (Å²) in [5.74, 6) is 0. The highest BCUT2D eigenvalue weighted by molar-refractivity contribution is 4.36. The lowest BCUT2D eigenvalue weighted by Crippen LogP contribution is -2.00. The highest BCUT2D eigenvalue weighted by Gasteiger charge is 1.91. The first-order valence-electron chi connectivity index (χ1n) is 5.82. The number of rotatable bonds is 11. The summed E-state index contributed by atoms with van der Waals surface area (Å²) >= 11 is 0. The fourth-order valence-electron chi connectivity index (χ4n) is 1.10. The van der Waals surface area contributed by atoms with Gasteiger partial charge in [-0.25, -0.2) is 9.78 Å². The SMILES string of the molecule is CCCCCCOOOCCCCC. The van der Waals surface area contributed by atoms with Gasteiger partial charge in [0, 0.05) is 0 Å². The molecule has 0 bridgehead atoms. The van der Waals surface area contributed by atoms with Gasteiger partial charge in [0.1, 0.15) is 0 Å². The summed E-state index contributed by atoms with van der Waals surface area (Å²) in [6.45, 7) is 5.61. The van der Waals surface area contributed by atoms with Crippen LogP contribution in [-0.2, 0) is 14.8 Å². The van der Waals surface area contributed by atoms with Gasteiger partial charge in [0.15, 0.2) is 0 Å². The van der Waals surface area contributed by atoms with Crippen LogP contribution in [-0.4, -0.2) is 13.2 Å². The summed E-state index contributed by atoms with van der Waals surface area (Å²) in [4.78, 5) is 9.66. The van der Waals surface area contributed by atoms with Crippen molar-refractivity contribution in [1.82, 2.24) is 0 Å². The van der Waals surface area contributed by atoms with Gasteiger partial charge in [-0.1, -0.05) is 51.0 Å². The zero-order valence-corrected chi connectivity index (χ0v) is 9.59. The molecule has 0 heterocycles. The van der Waals surface area contributed by atoms with Gasteiger partial charge in [0.2, 0.25) is 0 Å². The summed E-state index contributed by atoms with van der Waals surface area (Å²) in [5, 5.41) is 4.56. The molecule has 3 heteroatoms. The van der Waals surface area contributed by atoms with Crippen molar-refractivity contribution in [2.45, 2.75) is 58.8 Å². The number of hydrogen-bond donors (Lipinski definition) is 0. The molecule has 0 unspecified atom stereocenters. The van der Waals surface area contributed by atoms with Crippen molar-refractivity contribution in [1.29, 1.82) is 0 Å². The van der Waals surface area contributed by atoms with Crippen LogP contribution >= 0.6 is 0 Å². The first-order valence-corrected chi connectivity index (χ1v) is 5.82. The molecule has 0 aromatic rings. The monoisotopic (exact) mass is 204 g/mol. The highest BCUT2D eigenvalue weighted by atomic mass is 17.5. The molecule has 0 spiro atoms. The predicted molar refractivity (Wildman–Crippen MR) is 56.7 cm³/mol. The Hall–Kier alpha value is -0.120. The lowest BCUT2D eigenvalue weighted by Gasteiger charge is -2.02. The molecule has 0 aliphatic rings. The Bertz CT molecular complexity index is 84.5. The third kappa shape index (κ3) is 11.9. The van der Waals surface area contributed by atoms with E-state index in [9.17, 15) is 0 Å². The molecule has 0 aliphatic carbocycles. The number of unbranched alkanes of at least 4 members (excludes halogenated alkanes) is 5. The third-order valence-corrected chi connectivity index (χ3v) is 2.01.